The Labute approximate surface area is 142 Å². The summed E-state index contributed by atoms with van der Waals surface area (Å²) in [4.78, 5) is 21.7. The number of anilines is 1. The van der Waals surface area contributed by atoms with Crippen molar-refractivity contribution in [2.45, 2.75) is 6.54 Å². The molecule has 1 aliphatic rings. The van der Waals surface area contributed by atoms with Crippen LogP contribution in [0.2, 0.25) is 0 Å². The molecule has 2 aromatic rings. The SMILES string of the molecule is CN(C)CCn1c(=O)c(N2CCNCC2)nc2ccccc21.Cl. The fraction of sp³-hybridized carbons (Fsp3) is 0.500. The highest BCUT2D eigenvalue weighted by Crippen LogP contribution is 2.14. The molecule has 0 saturated carbocycles. The number of piperazine rings is 1. The van der Waals surface area contributed by atoms with Gasteiger partial charge >= 0.3 is 0 Å². The third-order valence-electron chi connectivity index (χ3n) is 4.02. The van der Waals surface area contributed by atoms with Crippen molar-refractivity contribution in [3.05, 3.63) is 34.6 Å². The molecule has 1 fully saturated rings. The number of likely N-dealkylation sites (N-methyl/N-ethyl adjacent to an activating group) is 1. The highest BCUT2D eigenvalue weighted by Gasteiger charge is 2.18. The van der Waals surface area contributed by atoms with E-state index < -0.39 is 0 Å². The monoisotopic (exact) mass is 337 g/mol. The van der Waals surface area contributed by atoms with Gasteiger partial charge in [-0.1, -0.05) is 12.1 Å². The number of fused-ring (bicyclic) bond motifs is 1. The van der Waals surface area contributed by atoms with Gasteiger partial charge in [0.15, 0.2) is 5.82 Å². The zero-order valence-corrected chi connectivity index (χ0v) is 14.5. The molecule has 0 amide bonds. The van der Waals surface area contributed by atoms with Crippen molar-refractivity contribution in [1.29, 1.82) is 0 Å². The third kappa shape index (κ3) is 3.83. The average molecular weight is 338 g/mol. The van der Waals surface area contributed by atoms with Gasteiger partial charge in [0.2, 0.25) is 0 Å². The minimum atomic E-state index is 0. The first-order valence-corrected chi connectivity index (χ1v) is 7.77. The topological polar surface area (TPSA) is 53.4 Å². The maximum absolute atomic E-state index is 12.9. The molecule has 1 saturated heterocycles. The molecule has 0 atom stereocenters. The fourth-order valence-corrected chi connectivity index (χ4v) is 2.78. The zero-order chi connectivity index (χ0) is 15.5. The number of para-hydroxylation sites is 2. The van der Waals surface area contributed by atoms with E-state index in [0.29, 0.717) is 12.4 Å². The number of nitrogens with one attached hydrogen (secondary N) is 1. The van der Waals surface area contributed by atoms with Crippen LogP contribution in [0.15, 0.2) is 29.1 Å². The first-order valence-electron chi connectivity index (χ1n) is 7.77. The molecule has 0 unspecified atom stereocenters. The summed E-state index contributed by atoms with van der Waals surface area (Å²) >= 11 is 0. The molecule has 6 nitrogen and oxygen atoms in total. The Kier molecular flexibility index (Phi) is 5.98. The van der Waals surface area contributed by atoms with Gasteiger partial charge in [-0.2, -0.15) is 0 Å². The molecule has 1 aliphatic heterocycles. The predicted molar refractivity (Wildman–Crippen MR) is 96.9 cm³/mol. The van der Waals surface area contributed by atoms with E-state index in [1.54, 1.807) is 0 Å². The minimum Gasteiger partial charge on any atom is -0.349 e. The first kappa shape index (κ1) is 17.7. The van der Waals surface area contributed by atoms with Gasteiger partial charge in [0.25, 0.3) is 5.56 Å². The van der Waals surface area contributed by atoms with Crippen LogP contribution in [0.4, 0.5) is 5.82 Å². The van der Waals surface area contributed by atoms with Crippen molar-refractivity contribution in [3.63, 3.8) is 0 Å². The van der Waals surface area contributed by atoms with Gasteiger partial charge in [0, 0.05) is 39.3 Å². The van der Waals surface area contributed by atoms with Crippen LogP contribution in [-0.2, 0) is 6.54 Å². The van der Waals surface area contributed by atoms with Gasteiger partial charge in [-0.05, 0) is 26.2 Å². The van der Waals surface area contributed by atoms with Gasteiger partial charge in [-0.3, -0.25) is 4.79 Å². The third-order valence-corrected chi connectivity index (χ3v) is 4.02. The van der Waals surface area contributed by atoms with Crippen LogP contribution >= 0.6 is 12.4 Å². The largest absolute Gasteiger partial charge is 0.349 e. The lowest BCUT2D eigenvalue weighted by Crippen LogP contribution is -2.46. The summed E-state index contributed by atoms with van der Waals surface area (Å²) < 4.78 is 1.86. The molecule has 0 spiro atoms. The lowest BCUT2D eigenvalue weighted by molar-refractivity contribution is 0.384. The number of hydrogen-bond acceptors (Lipinski definition) is 5. The highest BCUT2D eigenvalue weighted by atomic mass is 35.5. The van der Waals surface area contributed by atoms with E-state index in [9.17, 15) is 4.79 Å². The smallest absolute Gasteiger partial charge is 0.294 e. The second-order valence-electron chi connectivity index (χ2n) is 5.92. The standard InChI is InChI=1S/C16H23N5O.ClH/c1-19(2)11-12-21-14-6-4-3-5-13(14)18-15(16(21)22)20-9-7-17-8-10-20;/h3-6,17H,7-12H2,1-2H3;1H. The number of benzene rings is 1. The van der Waals surface area contributed by atoms with E-state index >= 15 is 0 Å². The van der Waals surface area contributed by atoms with E-state index in [-0.39, 0.29) is 18.0 Å². The Morgan fingerprint density at radius 2 is 1.91 bits per heavy atom. The van der Waals surface area contributed by atoms with E-state index in [1.807, 2.05) is 42.9 Å². The van der Waals surface area contributed by atoms with Crippen LogP contribution in [-0.4, -0.2) is 61.3 Å². The summed E-state index contributed by atoms with van der Waals surface area (Å²) in [5.74, 6) is 0.582. The Balaban J connectivity index is 0.00000192. The molecule has 0 bridgehead atoms. The van der Waals surface area contributed by atoms with Crippen LogP contribution < -0.4 is 15.8 Å². The van der Waals surface area contributed by atoms with Gasteiger partial charge in [-0.15, -0.1) is 12.4 Å². The summed E-state index contributed by atoms with van der Waals surface area (Å²) in [7, 11) is 4.04. The summed E-state index contributed by atoms with van der Waals surface area (Å²) in [6.07, 6.45) is 0. The number of aromatic nitrogens is 2. The lowest BCUT2D eigenvalue weighted by atomic mass is 10.2. The Morgan fingerprint density at radius 3 is 2.61 bits per heavy atom. The van der Waals surface area contributed by atoms with Crippen molar-refractivity contribution >= 4 is 29.3 Å². The normalized spacial score (nSPS) is 15.0. The fourth-order valence-electron chi connectivity index (χ4n) is 2.78. The molecule has 1 aromatic carbocycles. The summed E-state index contributed by atoms with van der Waals surface area (Å²) in [6.45, 7) is 4.95. The van der Waals surface area contributed by atoms with Crippen LogP contribution in [0.3, 0.4) is 0 Å². The number of halogens is 1. The van der Waals surface area contributed by atoms with E-state index in [4.69, 9.17) is 0 Å². The van der Waals surface area contributed by atoms with Crippen LogP contribution in [0.1, 0.15) is 0 Å². The van der Waals surface area contributed by atoms with Crippen molar-refractivity contribution in [2.24, 2.45) is 0 Å². The molecular weight excluding hydrogens is 314 g/mol. The van der Waals surface area contributed by atoms with E-state index in [0.717, 1.165) is 43.8 Å². The van der Waals surface area contributed by atoms with Crippen LogP contribution in [0.5, 0.6) is 0 Å². The van der Waals surface area contributed by atoms with Crippen molar-refractivity contribution in [3.8, 4) is 0 Å². The molecular formula is C16H24ClN5O. The van der Waals surface area contributed by atoms with Crippen LogP contribution in [0, 0.1) is 0 Å². The van der Waals surface area contributed by atoms with Crippen molar-refractivity contribution < 1.29 is 0 Å². The molecule has 23 heavy (non-hydrogen) atoms. The first-order chi connectivity index (χ1) is 10.7. The molecule has 3 rings (SSSR count). The molecule has 0 aliphatic carbocycles. The van der Waals surface area contributed by atoms with Gasteiger partial charge < -0.3 is 19.7 Å². The van der Waals surface area contributed by atoms with Crippen LogP contribution in [0.25, 0.3) is 11.0 Å². The summed E-state index contributed by atoms with van der Waals surface area (Å²) in [5.41, 5.74) is 1.81. The Morgan fingerprint density at radius 1 is 1.22 bits per heavy atom. The number of hydrogen-bond donors (Lipinski definition) is 1. The molecule has 126 valence electrons. The van der Waals surface area contributed by atoms with Gasteiger partial charge in [-0.25, -0.2) is 4.98 Å². The minimum absolute atomic E-state index is 0. The maximum Gasteiger partial charge on any atom is 0.294 e. The lowest BCUT2D eigenvalue weighted by Gasteiger charge is -2.28. The molecule has 0 radical (unpaired) electrons. The second kappa shape index (κ2) is 7.77. The van der Waals surface area contributed by atoms with Crippen molar-refractivity contribution in [1.82, 2.24) is 19.8 Å². The maximum atomic E-state index is 12.9. The molecule has 7 heteroatoms. The highest BCUT2D eigenvalue weighted by molar-refractivity contribution is 5.85. The zero-order valence-electron chi connectivity index (χ0n) is 13.7. The molecule has 1 N–H and O–H groups in total. The summed E-state index contributed by atoms with van der Waals surface area (Å²) in [5, 5.41) is 3.31. The predicted octanol–water partition coefficient (Wildman–Crippen LogP) is 0.790. The number of nitrogens with zero attached hydrogens (tertiary/aromatic N) is 4. The number of rotatable bonds is 4. The average Bonchev–Trinajstić information content (AvgIpc) is 2.54. The Hall–Kier alpha value is -1.63. The van der Waals surface area contributed by atoms with Gasteiger partial charge in [0.1, 0.15) is 0 Å². The van der Waals surface area contributed by atoms with Gasteiger partial charge in [0.05, 0.1) is 11.0 Å². The summed E-state index contributed by atoms with van der Waals surface area (Å²) in [6, 6.07) is 7.88. The van der Waals surface area contributed by atoms with E-state index in [2.05, 4.69) is 20.1 Å². The quantitative estimate of drug-likeness (QED) is 0.894. The molecule has 2 heterocycles. The Bertz CT molecular complexity index is 709. The van der Waals surface area contributed by atoms with Crippen molar-refractivity contribution in [2.75, 3.05) is 51.7 Å². The van der Waals surface area contributed by atoms with E-state index in [1.165, 1.54) is 0 Å². The molecule has 1 aromatic heterocycles. The second-order valence-corrected chi connectivity index (χ2v) is 5.92.